The van der Waals surface area contributed by atoms with E-state index in [4.69, 9.17) is 5.73 Å². The van der Waals surface area contributed by atoms with Crippen molar-refractivity contribution in [3.63, 3.8) is 0 Å². The van der Waals surface area contributed by atoms with E-state index in [0.29, 0.717) is 12.2 Å². The van der Waals surface area contributed by atoms with Gasteiger partial charge in [0.25, 0.3) is 5.91 Å². The molecule has 6 heteroatoms. The van der Waals surface area contributed by atoms with Crippen LogP contribution < -0.4 is 11.1 Å². The van der Waals surface area contributed by atoms with E-state index < -0.39 is 0 Å². The van der Waals surface area contributed by atoms with E-state index in [-0.39, 0.29) is 24.4 Å². The van der Waals surface area contributed by atoms with Gasteiger partial charge in [-0.15, -0.1) is 0 Å². The average Bonchev–Trinajstić information content (AvgIpc) is 2.36. The molecule has 1 rings (SSSR count). The van der Waals surface area contributed by atoms with Gasteiger partial charge in [0.2, 0.25) is 5.91 Å². The van der Waals surface area contributed by atoms with Gasteiger partial charge in [-0.05, 0) is 25.5 Å². The van der Waals surface area contributed by atoms with Crippen molar-refractivity contribution in [1.29, 1.82) is 0 Å². The zero-order valence-electron chi connectivity index (χ0n) is 11.5. The second kappa shape index (κ2) is 6.84. The number of rotatable bonds is 5. The van der Waals surface area contributed by atoms with Gasteiger partial charge in [0, 0.05) is 25.8 Å². The summed E-state index contributed by atoms with van der Waals surface area (Å²) < 4.78 is 0. The third-order valence-corrected chi connectivity index (χ3v) is 2.46. The van der Waals surface area contributed by atoms with Gasteiger partial charge in [0.1, 0.15) is 5.69 Å². The van der Waals surface area contributed by atoms with Crippen molar-refractivity contribution >= 4 is 11.8 Å². The van der Waals surface area contributed by atoms with Crippen LogP contribution in [0.1, 0.15) is 29.9 Å². The monoisotopic (exact) mass is 264 g/mol. The highest BCUT2D eigenvalue weighted by molar-refractivity contribution is 5.94. The van der Waals surface area contributed by atoms with Gasteiger partial charge >= 0.3 is 0 Å². The van der Waals surface area contributed by atoms with E-state index >= 15 is 0 Å². The quantitative estimate of drug-likeness (QED) is 0.791. The van der Waals surface area contributed by atoms with Gasteiger partial charge in [-0.2, -0.15) is 0 Å². The summed E-state index contributed by atoms with van der Waals surface area (Å²) in [7, 11) is 1.57. The zero-order chi connectivity index (χ0) is 14.4. The minimum Gasteiger partial charge on any atom is -0.352 e. The van der Waals surface area contributed by atoms with Gasteiger partial charge in [0.15, 0.2) is 0 Å². The number of nitrogens with two attached hydrogens (primary N) is 1. The van der Waals surface area contributed by atoms with Crippen molar-refractivity contribution in [3.05, 3.63) is 29.6 Å². The van der Waals surface area contributed by atoms with Crippen molar-refractivity contribution in [1.82, 2.24) is 15.2 Å². The summed E-state index contributed by atoms with van der Waals surface area (Å²) in [6.45, 7) is 4.13. The Bertz CT molecular complexity index is 442. The topological polar surface area (TPSA) is 88.3 Å². The summed E-state index contributed by atoms with van der Waals surface area (Å²) in [5.74, 6) is -0.480. The summed E-state index contributed by atoms with van der Waals surface area (Å²) in [5.41, 5.74) is 6.62. The summed E-state index contributed by atoms with van der Waals surface area (Å²) in [4.78, 5) is 28.9. The van der Waals surface area contributed by atoms with E-state index in [1.807, 2.05) is 13.8 Å². The second-order valence-corrected chi connectivity index (χ2v) is 4.64. The van der Waals surface area contributed by atoms with E-state index in [2.05, 4.69) is 10.3 Å². The van der Waals surface area contributed by atoms with Crippen LogP contribution in [0.25, 0.3) is 0 Å². The Hall–Kier alpha value is -1.95. The molecule has 1 heterocycles. The average molecular weight is 264 g/mol. The predicted molar refractivity (Wildman–Crippen MR) is 72.4 cm³/mol. The second-order valence-electron chi connectivity index (χ2n) is 4.64. The highest BCUT2D eigenvalue weighted by Gasteiger charge is 2.16. The van der Waals surface area contributed by atoms with Crippen molar-refractivity contribution in [2.45, 2.75) is 26.4 Å². The Balaban J connectivity index is 2.63. The van der Waals surface area contributed by atoms with Gasteiger partial charge in [-0.3, -0.25) is 14.6 Å². The van der Waals surface area contributed by atoms with E-state index in [0.717, 1.165) is 5.56 Å². The Labute approximate surface area is 113 Å². The summed E-state index contributed by atoms with van der Waals surface area (Å²) in [6.07, 6.45) is 1.56. The van der Waals surface area contributed by atoms with Gasteiger partial charge in [-0.25, -0.2) is 0 Å². The lowest BCUT2D eigenvalue weighted by Gasteiger charge is -2.17. The minimum atomic E-state index is -0.289. The first kappa shape index (κ1) is 15.1. The maximum Gasteiger partial charge on any atom is 0.272 e. The number of nitrogens with zero attached hydrogens (tertiary/aromatic N) is 2. The standard InChI is InChI=1S/C13H20N4O2/c1-9(2)16-12(18)8-17(3)13(19)11-5-4-10(6-14)7-15-11/h4-5,7,9H,6,8,14H2,1-3H3,(H,16,18). The Morgan fingerprint density at radius 1 is 1.42 bits per heavy atom. The van der Waals surface area contributed by atoms with Gasteiger partial charge < -0.3 is 16.0 Å². The van der Waals surface area contributed by atoms with Crippen LogP contribution in [0.5, 0.6) is 0 Å². The Kier molecular flexibility index (Phi) is 5.44. The number of carbonyl (C=O) groups excluding carboxylic acids is 2. The maximum atomic E-state index is 12.0. The number of likely N-dealkylation sites (N-methyl/N-ethyl adjacent to an activating group) is 1. The molecule has 0 aromatic carbocycles. The molecule has 19 heavy (non-hydrogen) atoms. The number of amides is 2. The number of hydrogen-bond donors (Lipinski definition) is 2. The molecule has 2 amide bonds. The van der Waals surface area contributed by atoms with Crippen molar-refractivity contribution in [2.75, 3.05) is 13.6 Å². The molecular weight excluding hydrogens is 244 g/mol. The zero-order valence-corrected chi connectivity index (χ0v) is 11.5. The molecule has 0 bridgehead atoms. The molecule has 6 nitrogen and oxygen atoms in total. The molecule has 0 aliphatic heterocycles. The van der Waals surface area contributed by atoms with Crippen LogP contribution in [-0.4, -0.2) is 41.3 Å². The molecular formula is C13H20N4O2. The van der Waals surface area contributed by atoms with Crippen LogP contribution in [0.15, 0.2) is 18.3 Å². The fraction of sp³-hybridized carbons (Fsp3) is 0.462. The van der Waals surface area contributed by atoms with Crippen LogP contribution in [0, 0.1) is 0 Å². The predicted octanol–water partition coefficient (Wildman–Crippen LogP) is 0.137. The Morgan fingerprint density at radius 3 is 2.58 bits per heavy atom. The molecule has 1 aromatic rings. The van der Waals surface area contributed by atoms with Gasteiger partial charge in [0.05, 0.1) is 6.54 Å². The van der Waals surface area contributed by atoms with E-state index in [1.54, 1.807) is 25.4 Å². The third kappa shape index (κ3) is 4.67. The SMILES string of the molecule is CC(C)NC(=O)CN(C)C(=O)c1ccc(CN)cn1. The van der Waals surface area contributed by atoms with Crippen LogP contribution in [0.4, 0.5) is 0 Å². The molecule has 0 aliphatic carbocycles. The lowest BCUT2D eigenvalue weighted by Crippen LogP contribution is -2.41. The summed E-state index contributed by atoms with van der Waals surface area (Å²) in [6, 6.07) is 3.42. The smallest absolute Gasteiger partial charge is 0.272 e. The van der Waals surface area contributed by atoms with Crippen LogP contribution in [0.3, 0.4) is 0 Å². The molecule has 104 valence electrons. The number of pyridine rings is 1. The third-order valence-electron chi connectivity index (χ3n) is 2.46. The van der Waals surface area contributed by atoms with Gasteiger partial charge in [-0.1, -0.05) is 6.07 Å². The maximum absolute atomic E-state index is 12.0. The highest BCUT2D eigenvalue weighted by Crippen LogP contribution is 2.02. The lowest BCUT2D eigenvalue weighted by molar-refractivity contribution is -0.122. The lowest BCUT2D eigenvalue weighted by atomic mass is 10.2. The summed E-state index contributed by atoms with van der Waals surface area (Å²) in [5, 5.41) is 2.73. The first-order valence-corrected chi connectivity index (χ1v) is 6.14. The fourth-order valence-corrected chi connectivity index (χ4v) is 1.52. The largest absolute Gasteiger partial charge is 0.352 e. The molecule has 0 aliphatic rings. The fourth-order valence-electron chi connectivity index (χ4n) is 1.52. The van der Waals surface area contributed by atoms with E-state index in [1.165, 1.54) is 4.90 Å². The highest BCUT2D eigenvalue weighted by atomic mass is 16.2. The van der Waals surface area contributed by atoms with Crippen molar-refractivity contribution < 1.29 is 9.59 Å². The van der Waals surface area contributed by atoms with Crippen molar-refractivity contribution in [2.24, 2.45) is 5.73 Å². The van der Waals surface area contributed by atoms with Crippen molar-refractivity contribution in [3.8, 4) is 0 Å². The number of carbonyl (C=O) groups is 2. The minimum absolute atomic E-state index is 0.0112. The molecule has 0 radical (unpaired) electrons. The molecule has 0 atom stereocenters. The van der Waals surface area contributed by atoms with Crippen LogP contribution in [0.2, 0.25) is 0 Å². The first-order chi connectivity index (χ1) is 8.93. The van der Waals surface area contributed by atoms with E-state index in [9.17, 15) is 9.59 Å². The molecule has 0 unspecified atom stereocenters. The normalized spacial score (nSPS) is 10.4. The molecule has 0 saturated heterocycles. The molecule has 0 fully saturated rings. The molecule has 3 N–H and O–H groups in total. The molecule has 1 aromatic heterocycles. The number of aromatic nitrogens is 1. The summed E-state index contributed by atoms with van der Waals surface area (Å²) >= 11 is 0. The molecule has 0 spiro atoms. The van der Waals surface area contributed by atoms with Crippen LogP contribution in [-0.2, 0) is 11.3 Å². The first-order valence-electron chi connectivity index (χ1n) is 6.14. The molecule has 0 saturated carbocycles. The Morgan fingerprint density at radius 2 is 2.11 bits per heavy atom. The van der Waals surface area contributed by atoms with Crippen LogP contribution >= 0.6 is 0 Å². The number of hydrogen-bond acceptors (Lipinski definition) is 4. The number of nitrogens with one attached hydrogen (secondary N) is 1.